The van der Waals surface area contributed by atoms with E-state index >= 15 is 0 Å². The molecule has 0 radical (unpaired) electrons. The first-order chi connectivity index (χ1) is 11.6. The van der Waals surface area contributed by atoms with E-state index in [0.717, 1.165) is 11.4 Å². The molecule has 0 bridgehead atoms. The van der Waals surface area contributed by atoms with Crippen molar-refractivity contribution in [1.82, 2.24) is 0 Å². The molecule has 132 valence electrons. The number of aryl methyl sites for hydroxylation is 6. The van der Waals surface area contributed by atoms with Crippen LogP contribution in [0.2, 0.25) is 0 Å². The van der Waals surface area contributed by atoms with Crippen molar-refractivity contribution < 1.29 is 0 Å². The second kappa shape index (κ2) is 6.38. The predicted molar refractivity (Wildman–Crippen MR) is 113 cm³/mol. The van der Waals surface area contributed by atoms with E-state index < -0.39 is 7.02 Å². The molecule has 0 saturated carbocycles. The molecular formula is C20H24Cl2N2Si. The quantitative estimate of drug-likeness (QED) is 0.441. The lowest BCUT2D eigenvalue weighted by Gasteiger charge is -2.35. The smallest absolute Gasteiger partial charge is 0.331 e. The first-order valence-electron chi connectivity index (χ1n) is 8.43. The Bertz CT molecular complexity index is 758. The van der Waals surface area contributed by atoms with Crippen molar-refractivity contribution in [3.63, 3.8) is 0 Å². The van der Waals surface area contributed by atoms with E-state index in [1.165, 1.54) is 33.4 Å². The molecule has 0 aliphatic carbocycles. The molecule has 2 aromatic rings. The summed E-state index contributed by atoms with van der Waals surface area (Å²) in [5, 5.41) is 0. The Labute approximate surface area is 161 Å². The fourth-order valence-electron chi connectivity index (χ4n) is 3.95. The van der Waals surface area contributed by atoms with Crippen LogP contribution in [-0.2, 0) is 0 Å². The van der Waals surface area contributed by atoms with Gasteiger partial charge in [0.1, 0.15) is 0 Å². The highest BCUT2D eigenvalue weighted by molar-refractivity contribution is 7.48. The number of hydrogen-bond donors (Lipinski definition) is 0. The largest absolute Gasteiger partial charge is 0.478 e. The molecule has 3 rings (SSSR count). The van der Waals surface area contributed by atoms with Crippen LogP contribution >= 0.6 is 22.2 Å². The molecule has 1 aliphatic heterocycles. The van der Waals surface area contributed by atoms with Gasteiger partial charge in [0.2, 0.25) is 0 Å². The number of nitrogens with zero attached hydrogens (tertiary/aromatic N) is 2. The van der Waals surface area contributed by atoms with Crippen LogP contribution in [0.15, 0.2) is 36.7 Å². The highest BCUT2D eigenvalue weighted by atomic mass is 35.7. The second-order valence-electron chi connectivity index (χ2n) is 7.04. The average Bonchev–Trinajstić information content (AvgIpc) is 2.73. The van der Waals surface area contributed by atoms with Gasteiger partial charge in [-0.05, 0) is 63.8 Å². The number of anilines is 2. The highest BCUT2D eigenvalue weighted by Gasteiger charge is 2.48. The fourth-order valence-corrected chi connectivity index (χ4v) is 7.61. The first-order valence-corrected chi connectivity index (χ1v) is 12.3. The van der Waals surface area contributed by atoms with Crippen molar-refractivity contribution in [2.45, 2.75) is 41.5 Å². The monoisotopic (exact) mass is 390 g/mol. The zero-order chi connectivity index (χ0) is 18.5. The molecule has 0 aromatic heterocycles. The van der Waals surface area contributed by atoms with E-state index in [1.54, 1.807) is 0 Å². The molecule has 0 atom stereocenters. The minimum absolute atomic E-state index is 1.11. The van der Waals surface area contributed by atoms with Crippen LogP contribution in [0.25, 0.3) is 0 Å². The van der Waals surface area contributed by atoms with Gasteiger partial charge in [0, 0.05) is 23.8 Å². The highest BCUT2D eigenvalue weighted by Crippen LogP contribution is 2.43. The van der Waals surface area contributed by atoms with Crippen molar-refractivity contribution >= 4 is 40.5 Å². The van der Waals surface area contributed by atoms with E-state index in [-0.39, 0.29) is 0 Å². The maximum atomic E-state index is 7.03. The molecule has 1 aliphatic rings. The van der Waals surface area contributed by atoms with Gasteiger partial charge < -0.3 is 9.13 Å². The van der Waals surface area contributed by atoms with Crippen LogP contribution in [0, 0.1) is 41.5 Å². The maximum absolute atomic E-state index is 7.03. The Kier molecular flexibility index (Phi) is 4.69. The standard InChI is InChI=1S/C20H24Cl2N2Si/c1-13-9-15(3)19(16(4)10-13)23-7-8-24(25(23,21)22)20-17(5)11-14(2)12-18(20)6/h7-12H,1-6H3. The Morgan fingerprint density at radius 3 is 1.16 bits per heavy atom. The van der Waals surface area contributed by atoms with Gasteiger partial charge in [-0.2, -0.15) is 0 Å². The summed E-state index contributed by atoms with van der Waals surface area (Å²) < 4.78 is 4.16. The Balaban J connectivity index is 2.09. The first kappa shape index (κ1) is 18.4. The van der Waals surface area contributed by atoms with Gasteiger partial charge in [0.05, 0.1) is 0 Å². The van der Waals surface area contributed by atoms with Crippen molar-refractivity contribution in [3.05, 3.63) is 70.0 Å². The molecule has 0 unspecified atom stereocenters. The molecule has 5 heteroatoms. The summed E-state index contributed by atoms with van der Waals surface area (Å²) in [6, 6.07) is 8.72. The SMILES string of the molecule is Cc1cc(C)c(N2C=CN(c3c(C)cc(C)cc3C)[Si]2(Cl)Cl)c(C)c1. The molecule has 0 spiro atoms. The van der Waals surface area contributed by atoms with Crippen LogP contribution in [0.1, 0.15) is 33.4 Å². The minimum Gasteiger partial charge on any atom is -0.331 e. The van der Waals surface area contributed by atoms with E-state index in [0.29, 0.717) is 0 Å². The van der Waals surface area contributed by atoms with E-state index in [1.807, 2.05) is 12.4 Å². The summed E-state index contributed by atoms with van der Waals surface area (Å²) in [4.78, 5) is 0. The summed E-state index contributed by atoms with van der Waals surface area (Å²) >= 11 is 14.1. The minimum atomic E-state index is -2.94. The molecule has 0 saturated heterocycles. The van der Waals surface area contributed by atoms with Gasteiger partial charge in [-0.3, -0.25) is 0 Å². The van der Waals surface area contributed by atoms with Crippen molar-refractivity contribution in [3.8, 4) is 0 Å². The topological polar surface area (TPSA) is 6.48 Å². The number of halogens is 2. The van der Waals surface area contributed by atoms with Crippen LogP contribution in [0.3, 0.4) is 0 Å². The summed E-state index contributed by atoms with van der Waals surface area (Å²) in [5.74, 6) is 0. The zero-order valence-corrected chi connectivity index (χ0v) is 18.1. The van der Waals surface area contributed by atoms with Crippen molar-refractivity contribution in [2.75, 3.05) is 9.13 Å². The van der Waals surface area contributed by atoms with Gasteiger partial charge in [0.25, 0.3) is 0 Å². The van der Waals surface area contributed by atoms with Crippen LogP contribution < -0.4 is 9.13 Å². The molecule has 2 nitrogen and oxygen atoms in total. The van der Waals surface area contributed by atoms with Crippen LogP contribution in [-0.4, -0.2) is 7.02 Å². The Morgan fingerprint density at radius 2 is 0.880 bits per heavy atom. The molecule has 2 aromatic carbocycles. The summed E-state index contributed by atoms with van der Waals surface area (Å²) in [7, 11) is -2.94. The van der Waals surface area contributed by atoms with E-state index in [2.05, 4.69) is 74.9 Å². The van der Waals surface area contributed by atoms with Gasteiger partial charge in [-0.1, -0.05) is 57.6 Å². The normalized spacial score (nSPS) is 16.0. The maximum Gasteiger partial charge on any atom is 0.478 e. The Morgan fingerprint density at radius 1 is 0.600 bits per heavy atom. The third-order valence-electron chi connectivity index (χ3n) is 4.70. The lowest BCUT2D eigenvalue weighted by molar-refractivity contribution is 1.24. The van der Waals surface area contributed by atoms with Gasteiger partial charge in [0.15, 0.2) is 0 Å². The van der Waals surface area contributed by atoms with Gasteiger partial charge in [-0.15, -0.1) is 0 Å². The third-order valence-corrected chi connectivity index (χ3v) is 8.79. The fraction of sp³-hybridized carbons (Fsp3) is 0.300. The van der Waals surface area contributed by atoms with Crippen molar-refractivity contribution in [2.24, 2.45) is 0 Å². The number of hydrogen-bond acceptors (Lipinski definition) is 2. The number of benzene rings is 2. The second-order valence-corrected chi connectivity index (χ2v) is 12.8. The predicted octanol–water partition coefficient (Wildman–Crippen LogP) is 6.25. The summed E-state index contributed by atoms with van der Waals surface area (Å²) in [5.41, 5.74) is 9.51. The molecule has 0 N–H and O–H groups in total. The third kappa shape index (κ3) is 3.09. The van der Waals surface area contributed by atoms with E-state index in [9.17, 15) is 0 Å². The lowest BCUT2D eigenvalue weighted by Crippen LogP contribution is -2.51. The number of rotatable bonds is 2. The van der Waals surface area contributed by atoms with Gasteiger partial charge >= 0.3 is 7.02 Å². The molecule has 1 heterocycles. The molecule has 0 amide bonds. The molecule has 25 heavy (non-hydrogen) atoms. The summed E-state index contributed by atoms with van der Waals surface area (Å²) in [6.45, 7) is 12.7. The van der Waals surface area contributed by atoms with Crippen molar-refractivity contribution in [1.29, 1.82) is 0 Å². The molecule has 0 fully saturated rings. The van der Waals surface area contributed by atoms with Crippen LogP contribution in [0.5, 0.6) is 0 Å². The lowest BCUT2D eigenvalue weighted by atomic mass is 10.1. The van der Waals surface area contributed by atoms with Crippen LogP contribution in [0.4, 0.5) is 11.4 Å². The summed E-state index contributed by atoms with van der Waals surface area (Å²) in [6.07, 6.45) is 4.05. The zero-order valence-electron chi connectivity index (χ0n) is 15.6. The van der Waals surface area contributed by atoms with E-state index in [4.69, 9.17) is 22.2 Å². The average molecular weight is 391 g/mol. The molecular weight excluding hydrogens is 367 g/mol. The Hall–Kier alpha value is -1.42. The van der Waals surface area contributed by atoms with Gasteiger partial charge in [-0.25, -0.2) is 0 Å².